The van der Waals surface area contributed by atoms with Crippen molar-refractivity contribution in [3.63, 3.8) is 0 Å². The van der Waals surface area contributed by atoms with Gasteiger partial charge in [-0.3, -0.25) is 4.79 Å². The summed E-state index contributed by atoms with van der Waals surface area (Å²) in [6, 6.07) is -0.129. The summed E-state index contributed by atoms with van der Waals surface area (Å²) in [4.78, 5) is 10.5. The Labute approximate surface area is 78.3 Å². The van der Waals surface area contributed by atoms with Crippen LogP contribution in [0, 0.1) is 0 Å². The molecule has 2 N–H and O–H groups in total. The molecule has 1 saturated carbocycles. The molecular formula is C9H17NO3. The highest BCUT2D eigenvalue weighted by atomic mass is 16.5. The van der Waals surface area contributed by atoms with E-state index in [1.807, 2.05) is 6.92 Å². The van der Waals surface area contributed by atoms with Crippen LogP contribution in [-0.4, -0.2) is 35.9 Å². The van der Waals surface area contributed by atoms with Crippen LogP contribution in [-0.2, 0) is 9.53 Å². The molecule has 0 aromatic rings. The number of carboxylic acids is 1. The predicted molar refractivity (Wildman–Crippen MR) is 48.7 cm³/mol. The van der Waals surface area contributed by atoms with Crippen molar-refractivity contribution in [2.45, 2.75) is 44.9 Å². The molecule has 0 aromatic carbocycles. The third-order valence-electron chi connectivity index (χ3n) is 2.35. The van der Waals surface area contributed by atoms with Crippen molar-refractivity contribution in [1.82, 2.24) is 5.32 Å². The Kier molecular flexibility index (Phi) is 3.69. The second kappa shape index (κ2) is 4.58. The molecule has 0 saturated heterocycles. The first-order valence-electron chi connectivity index (χ1n) is 4.74. The molecule has 0 aliphatic heterocycles. The van der Waals surface area contributed by atoms with E-state index in [4.69, 9.17) is 9.84 Å². The molecule has 1 aliphatic rings. The summed E-state index contributed by atoms with van der Waals surface area (Å²) in [5, 5.41) is 11.7. The maximum absolute atomic E-state index is 10.5. The van der Waals surface area contributed by atoms with Gasteiger partial charge in [0.2, 0.25) is 0 Å². The van der Waals surface area contributed by atoms with Gasteiger partial charge in [-0.15, -0.1) is 0 Å². The third kappa shape index (κ3) is 2.97. The Bertz CT molecular complexity index is 178. The van der Waals surface area contributed by atoms with E-state index in [1.165, 1.54) is 0 Å². The zero-order chi connectivity index (χ0) is 9.84. The molecule has 0 bridgehead atoms. The van der Waals surface area contributed by atoms with Crippen LogP contribution in [0.15, 0.2) is 0 Å². The van der Waals surface area contributed by atoms with E-state index in [0.29, 0.717) is 12.1 Å². The standard InChI is InChI=1S/C9H17NO3/c1-3-13-8-4-7(5-8)10-6(2)9(11)12/h6-8,10H,3-5H2,1-2H3,(H,11,12). The van der Waals surface area contributed by atoms with Gasteiger partial charge in [0.25, 0.3) is 0 Å². The van der Waals surface area contributed by atoms with Crippen molar-refractivity contribution in [2.24, 2.45) is 0 Å². The van der Waals surface area contributed by atoms with Gasteiger partial charge < -0.3 is 15.2 Å². The molecule has 0 heterocycles. The molecule has 0 aromatic heterocycles. The largest absolute Gasteiger partial charge is 0.480 e. The second-order valence-electron chi connectivity index (χ2n) is 3.47. The molecule has 13 heavy (non-hydrogen) atoms. The Morgan fingerprint density at radius 3 is 2.77 bits per heavy atom. The molecule has 0 radical (unpaired) electrons. The molecule has 1 unspecified atom stereocenters. The van der Waals surface area contributed by atoms with Gasteiger partial charge in [0.15, 0.2) is 0 Å². The van der Waals surface area contributed by atoms with E-state index in [9.17, 15) is 4.79 Å². The predicted octanol–water partition coefficient (Wildman–Crippen LogP) is 0.617. The molecular weight excluding hydrogens is 170 g/mol. The minimum atomic E-state index is -0.792. The highest BCUT2D eigenvalue weighted by Crippen LogP contribution is 2.23. The quantitative estimate of drug-likeness (QED) is 0.662. The summed E-state index contributed by atoms with van der Waals surface area (Å²) >= 11 is 0. The van der Waals surface area contributed by atoms with Gasteiger partial charge in [-0.1, -0.05) is 0 Å². The Morgan fingerprint density at radius 1 is 1.69 bits per heavy atom. The maximum atomic E-state index is 10.5. The fraction of sp³-hybridized carbons (Fsp3) is 0.889. The monoisotopic (exact) mass is 187 g/mol. The molecule has 4 nitrogen and oxygen atoms in total. The molecule has 76 valence electrons. The molecule has 0 spiro atoms. The molecule has 1 aliphatic carbocycles. The normalized spacial score (nSPS) is 29.4. The first kappa shape index (κ1) is 10.5. The lowest BCUT2D eigenvalue weighted by Gasteiger charge is -2.36. The van der Waals surface area contributed by atoms with Crippen LogP contribution in [0.5, 0.6) is 0 Å². The van der Waals surface area contributed by atoms with Crippen LogP contribution in [0.1, 0.15) is 26.7 Å². The number of aliphatic carboxylic acids is 1. The molecule has 1 rings (SSSR count). The van der Waals surface area contributed by atoms with E-state index in [-0.39, 0.29) is 0 Å². The van der Waals surface area contributed by atoms with Gasteiger partial charge >= 0.3 is 5.97 Å². The van der Waals surface area contributed by atoms with Gasteiger partial charge in [0, 0.05) is 12.6 Å². The van der Waals surface area contributed by atoms with Crippen molar-refractivity contribution in [1.29, 1.82) is 0 Å². The second-order valence-corrected chi connectivity index (χ2v) is 3.47. The number of hydrogen-bond donors (Lipinski definition) is 2. The fourth-order valence-corrected chi connectivity index (χ4v) is 1.50. The Hall–Kier alpha value is -0.610. The van der Waals surface area contributed by atoms with Crippen molar-refractivity contribution in [2.75, 3.05) is 6.61 Å². The number of carbonyl (C=O) groups is 1. The van der Waals surface area contributed by atoms with Gasteiger partial charge in [0.05, 0.1) is 6.10 Å². The number of rotatable bonds is 5. The highest BCUT2D eigenvalue weighted by Gasteiger charge is 2.31. The van der Waals surface area contributed by atoms with Crippen LogP contribution in [0.2, 0.25) is 0 Å². The van der Waals surface area contributed by atoms with Crippen LogP contribution < -0.4 is 5.32 Å². The van der Waals surface area contributed by atoms with E-state index in [0.717, 1.165) is 19.4 Å². The molecule has 1 fully saturated rings. The zero-order valence-corrected chi connectivity index (χ0v) is 8.12. The topological polar surface area (TPSA) is 58.6 Å². The average molecular weight is 187 g/mol. The number of ether oxygens (including phenoxy) is 1. The Morgan fingerprint density at radius 2 is 2.31 bits per heavy atom. The summed E-state index contributed by atoms with van der Waals surface area (Å²) in [5.41, 5.74) is 0. The van der Waals surface area contributed by atoms with E-state index in [2.05, 4.69) is 5.32 Å². The smallest absolute Gasteiger partial charge is 0.320 e. The summed E-state index contributed by atoms with van der Waals surface area (Å²) < 4.78 is 5.36. The van der Waals surface area contributed by atoms with E-state index in [1.54, 1.807) is 6.92 Å². The van der Waals surface area contributed by atoms with Gasteiger partial charge in [-0.05, 0) is 26.7 Å². The zero-order valence-electron chi connectivity index (χ0n) is 8.12. The molecule has 0 amide bonds. The molecule has 4 heteroatoms. The van der Waals surface area contributed by atoms with Crippen molar-refractivity contribution in [3.8, 4) is 0 Å². The lowest BCUT2D eigenvalue weighted by molar-refractivity contribution is -0.139. The van der Waals surface area contributed by atoms with Crippen LogP contribution in [0.3, 0.4) is 0 Å². The number of nitrogens with one attached hydrogen (secondary N) is 1. The minimum absolute atomic E-state index is 0.322. The maximum Gasteiger partial charge on any atom is 0.320 e. The van der Waals surface area contributed by atoms with Crippen LogP contribution >= 0.6 is 0 Å². The first-order chi connectivity index (χ1) is 6.13. The van der Waals surface area contributed by atoms with Gasteiger partial charge in [0.1, 0.15) is 6.04 Å². The number of carboxylic acid groups (broad SMARTS) is 1. The van der Waals surface area contributed by atoms with Gasteiger partial charge in [-0.25, -0.2) is 0 Å². The average Bonchev–Trinajstić information content (AvgIpc) is 2.00. The fourth-order valence-electron chi connectivity index (χ4n) is 1.50. The van der Waals surface area contributed by atoms with Crippen LogP contribution in [0.4, 0.5) is 0 Å². The van der Waals surface area contributed by atoms with Crippen LogP contribution in [0.25, 0.3) is 0 Å². The van der Waals surface area contributed by atoms with E-state index < -0.39 is 12.0 Å². The first-order valence-corrected chi connectivity index (χ1v) is 4.74. The summed E-state index contributed by atoms with van der Waals surface area (Å²) in [5.74, 6) is -0.792. The van der Waals surface area contributed by atoms with E-state index >= 15 is 0 Å². The summed E-state index contributed by atoms with van der Waals surface area (Å²) in [7, 11) is 0. The molecule has 1 atom stereocenters. The summed E-state index contributed by atoms with van der Waals surface area (Å²) in [6.45, 7) is 4.38. The van der Waals surface area contributed by atoms with Crippen molar-refractivity contribution < 1.29 is 14.6 Å². The summed E-state index contributed by atoms with van der Waals surface area (Å²) in [6.07, 6.45) is 2.21. The highest BCUT2D eigenvalue weighted by molar-refractivity contribution is 5.72. The van der Waals surface area contributed by atoms with Crippen molar-refractivity contribution in [3.05, 3.63) is 0 Å². The van der Waals surface area contributed by atoms with Gasteiger partial charge in [-0.2, -0.15) is 0 Å². The third-order valence-corrected chi connectivity index (χ3v) is 2.35. The SMILES string of the molecule is CCOC1CC(NC(C)C(=O)O)C1. The Balaban J connectivity index is 2.11. The number of hydrogen-bond acceptors (Lipinski definition) is 3. The minimum Gasteiger partial charge on any atom is -0.480 e. The lowest BCUT2D eigenvalue weighted by Crippen LogP contribution is -2.50. The van der Waals surface area contributed by atoms with Crippen molar-refractivity contribution >= 4 is 5.97 Å². The lowest BCUT2D eigenvalue weighted by atomic mass is 9.88.